The molecular weight excluding hydrogens is 345 g/mol. The summed E-state index contributed by atoms with van der Waals surface area (Å²) in [5.41, 5.74) is -0.329. The van der Waals surface area contributed by atoms with Gasteiger partial charge in [-0.25, -0.2) is 17.5 Å². The molecule has 0 saturated carbocycles. The molecule has 2 rings (SSSR count). The van der Waals surface area contributed by atoms with Gasteiger partial charge in [0.05, 0.1) is 11.1 Å². The third-order valence-corrected chi connectivity index (χ3v) is 5.99. The maximum Gasteiger partial charge on any atom is 0.242 e. The van der Waals surface area contributed by atoms with E-state index in [1.165, 1.54) is 17.4 Å². The largest absolute Gasteiger partial charge is 0.242 e. The molecule has 3 nitrogen and oxygen atoms in total. The summed E-state index contributed by atoms with van der Waals surface area (Å²) in [6, 6.07) is 6.60. The van der Waals surface area contributed by atoms with Gasteiger partial charge in [-0.05, 0) is 35.1 Å². The van der Waals surface area contributed by atoms with Crippen molar-refractivity contribution < 1.29 is 12.8 Å². The summed E-state index contributed by atoms with van der Waals surface area (Å²) >= 11 is 7.36. The van der Waals surface area contributed by atoms with Gasteiger partial charge < -0.3 is 0 Å². The van der Waals surface area contributed by atoms with Crippen LogP contribution in [0.4, 0.5) is 4.39 Å². The second-order valence-corrected chi connectivity index (χ2v) is 9.08. The second-order valence-electron chi connectivity index (χ2n) is 6.01. The molecule has 0 aliphatic carbocycles. The summed E-state index contributed by atoms with van der Waals surface area (Å²) in [6.45, 7) is 5.85. The highest BCUT2D eigenvalue weighted by atomic mass is 35.5. The predicted molar refractivity (Wildman–Crippen MR) is 88.2 cm³/mol. The van der Waals surface area contributed by atoms with Crippen LogP contribution < -0.4 is 4.72 Å². The van der Waals surface area contributed by atoms with Crippen molar-refractivity contribution in [3.05, 3.63) is 51.4 Å². The van der Waals surface area contributed by atoms with E-state index in [-0.39, 0.29) is 15.3 Å². The van der Waals surface area contributed by atoms with E-state index >= 15 is 0 Å². The standard InChI is InChI=1S/C15H17ClFNO2S2/c1-15(2,3)14(12-5-4-8-21-12)18-22(19,20)13-7-6-10(17)9-11(13)16/h4-9,14,18H,1-3H3. The molecule has 1 N–H and O–H groups in total. The zero-order valence-electron chi connectivity index (χ0n) is 12.4. The number of hydrogen-bond donors (Lipinski definition) is 1. The van der Waals surface area contributed by atoms with Crippen molar-refractivity contribution in [1.29, 1.82) is 0 Å². The fraction of sp³-hybridized carbons (Fsp3) is 0.333. The zero-order chi connectivity index (χ0) is 16.5. The average molecular weight is 362 g/mol. The van der Waals surface area contributed by atoms with Crippen LogP contribution in [0.1, 0.15) is 31.7 Å². The van der Waals surface area contributed by atoms with Gasteiger partial charge in [0.25, 0.3) is 0 Å². The van der Waals surface area contributed by atoms with E-state index in [2.05, 4.69) is 4.72 Å². The van der Waals surface area contributed by atoms with E-state index in [1.807, 2.05) is 38.3 Å². The Balaban J connectivity index is 2.41. The monoisotopic (exact) mass is 361 g/mol. The Hall–Kier alpha value is -0.950. The van der Waals surface area contributed by atoms with Crippen LogP contribution >= 0.6 is 22.9 Å². The first-order valence-corrected chi connectivity index (χ1v) is 9.36. The van der Waals surface area contributed by atoms with Gasteiger partial charge in [-0.3, -0.25) is 0 Å². The molecule has 0 aliphatic rings. The molecule has 2 aromatic rings. The number of benzene rings is 1. The Morgan fingerprint density at radius 1 is 1.27 bits per heavy atom. The van der Waals surface area contributed by atoms with Gasteiger partial charge in [0, 0.05) is 4.88 Å². The summed E-state index contributed by atoms with van der Waals surface area (Å²) in [7, 11) is -3.86. The van der Waals surface area contributed by atoms with Crippen LogP contribution in [-0.2, 0) is 10.0 Å². The summed E-state index contributed by atoms with van der Waals surface area (Å²) in [6.07, 6.45) is 0. The van der Waals surface area contributed by atoms with E-state index in [0.29, 0.717) is 0 Å². The van der Waals surface area contributed by atoms with Crippen LogP contribution in [0.5, 0.6) is 0 Å². The maximum atomic E-state index is 13.1. The fourth-order valence-corrected chi connectivity index (χ4v) is 5.08. The smallest absolute Gasteiger partial charge is 0.207 e. The highest BCUT2D eigenvalue weighted by Crippen LogP contribution is 2.37. The maximum absolute atomic E-state index is 13.1. The normalized spacial score (nSPS) is 14.0. The summed E-state index contributed by atoms with van der Waals surface area (Å²) < 4.78 is 41.0. The van der Waals surface area contributed by atoms with Crippen molar-refractivity contribution in [2.75, 3.05) is 0 Å². The molecule has 0 radical (unpaired) electrons. The minimum Gasteiger partial charge on any atom is -0.207 e. The fourth-order valence-electron chi connectivity index (χ4n) is 2.03. The van der Waals surface area contributed by atoms with Crippen LogP contribution in [-0.4, -0.2) is 8.42 Å². The van der Waals surface area contributed by atoms with E-state index < -0.39 is 21.9 Å². The molecule has 22 heavy (non-hydrogen) atoms. The molecule has 0 spiro atoms. The average Bonchev–Trinajstić information content (AvgIpc) is 2.87. The van der Waals surface area contributed by atoms with E-state index in [1.54, 1.807) is 0 Å². The molecular formula is C15H17ClFNO2S2. The molecule has 0 bridgehead atoms. The Morgan fingerprint density at radius 3 is 2.45 bits per heavy atom. The lowest BCUT2D eigenvalue weighted by molar-refractivity contribution is 0.308. The van der Waals surface area contributed by atoms with Gasteiger partial charge in [0.1, 0.15) is 10.7 Å². The molecule has 1 aromatic heterocycles. The molecule has 0 fully saturated rings. The summed E-state index contributed by atoms with van der Waals surface area (Å²) in [4.78, 5) is 0.788. The lowest BCUT2D eigenvalue weighted by Gasteiger charge is -2.30. The third kappa shape index (κ3) is 3.87. The first-order valence-electron chi connectivity index (χ1n) is 6.62. The lowest BCUT2D eigenvalue weighted by Crippen LogP contribution is -2.36. The van der Waals surface area contributed by atoms with Gasteiger partial charge in [0.15, 0.2) is 0 Å². The van der Waals surface area contributed by atoms with Crippen molar-refractivity contribution >= 4 is 33.0 Å². The SMILES string of the molecule is CC(C)(C)C(NS(=O)(=O)c1ccc(F)cc1Cl)c1cccs1. The van der Waals surface area contributed by atoms with Crippen LogP contribution in [0.25, 0.3) is 0 Å². The van der Waals surface area contributed by atoms with Gasteiger partial charge in [-0.2, -0.15) is 0 Å². The number of hydrogen-bond acceptors (Lipinski definition) is 3. The van der Waals surface area contributed by atoms with Crippen molar-refractivity contribution in [1.82, 2.24) is 4.72 Å². The number of halogens is 2. The minimum absolute atomic E-state index is 0.124. The van der Waals surface area contributed by atoms with Crippen LogP contribution in [0, 0.1) is 11.2 Å². The van der Waals surface area contributed by atoms with Crippen molar-refractivity contribution in [2.45, 2.75) is 31.7 Å². The number of rotatable bonds is 4. The molecule has 120 valence electrons. The van der Waals surface area contributed by atoms with E-state index in [0.717, 1.165) is 17.0 Å². The van der Waals surface area contributed by atoms with Crippen LogP contribution in [0.15, 0.2) is 40.6 Å². The zero-order valence-corrected chi connectivity index (χ0v) is 14.8. The molecule has 0 amide bonds. The van der Waals surface area contributed by atoms with Crippen molar-refractivity contribution in [3.8, 4) is 0 Å². The molecule has 7 heteroatoms. The van der Waals surface area contributed by atoms with Gasteiger partial charge in [-0.15, -0.1) is 11.3 Å². The van der Waals surface area contributed by atoms with E-state index in [9.17, 15) is 12.8 Å². The predicted octanol–water partition coefficient (Wildman–Crippen LogP) is 4.61. The molecule has 1 unspecified atom stereocenters. The van der Waals surface area contributed by atoms with E-state index in [4.69, 9.17) is 11.6 Å². The topological polar surface area (TPSA) is 46.2 Å². The summed E-state index contributed by atoms with van der Waals surface area (Å²) in [5, 5.41) is 1.76. The van der Waals surface area contributed by atoms with Gasteiger partial charge in [0.2, 0.25) is 10.0 Å². The van der Waals surface area contributed by atoms with Crippen molar-refractivity contribution in [2.24, 2.45) is 5.41 Å². The lowest BCUT2D eigenvalue weighted by atomic mass is 9.86. The first-order chi connectivity index (χ1) is 10.1. The quantitative estimate of drug-likeness (QED) is 0.864. The molecule has 1 atom stereocenters. The Labute approximate surface area is 139 Å². The Kier molecular flexibility index (Phi) is 4.96. The van der Waals surface area contributed by atoms with Gasteiger partial charge >= 0.3 is 0 Å². The molecule has 0 saturated heterocycles. The van der Waals surface area contributed by atoms with Crippen LogP contribution in [0.3, 0.4) is 0 Å². The number of sulfonamides is 1. The summed E-state index contributed by atoms with van der Waals surface area (Å²) in [5.74, 6) is -0.574. The minimum atomic E-state index is -3.86. The first kappa shape index (κ1) is 17.4. The Morgan fingerprint density at radius 2 is 1.95 bits per heavy atom. The highest BCUT2D eigenvalue weighted by molar-refractivity contribution is 7.89. The Bertz CT molecular complexity index is 752. The second kappa shape index (κ2) is 6.28. The molecule has 1 heterocycles. The number of nitrogens with one attached hydrogen (secondary N) is 1. The molecule has 0 aliphatic heterocycles. The van der Waals surface area contributed by atoms with Gasteiger partial charge in [-0.1, -0.05) is 38.4 Å². The van der Waals surface area contributed by atoms with Crippen molar-refractivity contribution in [3.63, 3.8) is 0 Å². The third-order valence-electron chi connectivity index (χ3n) is 3.15. The highest BCUT2D eigenvalue weighted by Gasteiger charge is 2.32. The molecule has 1 aromatic carbocycles. The number of thiophene rings is 1. The van der Waals surface area contributed by atoms with Crippen LogP contribution in [0.2, 0.25) is 5.02 Å².